The molecule has 7 nitrogen and oxygen atoms in total. The number of hydrogen-bond acceptors (Lipinski definition) is 6. The van der Waals surface area contributed by atoms with Crippen molar-refractivity contribution in [2.75, 3.05) is 26.4 Å². The van der Waals surface area contributed by atoms with Crippen LogP contribution in [0.2, 0.25) is 0 Å². The molecule has 0 radical (unpaired) electrons. The Labute approximate surface area is 169 Å². The molecule has 0 spiro atoms. The highest BCUT2D eigenvalue weighted by molar-refractivity contribution is 5.93. The molecule has 152 valence electrons. The molecular formula is C22H25N3O4. The minimum Gasteiger partial charge on any atom is -0.454 e. The lowest BCUT2D eigenvalue weighted by atomic mass is 9.75. The largest absolute Gasteiger partial charge is 0.454 e. The van der Waals surface area contributed by atoms with Gasteiger partial charge in [-0.05, 0) is 56.5 Å². The van der Waals surface area contributed by atoms with Gasteiger partial charge in [0, 0.05) is 25.4 Å². The van der Waals surface area contributed by atoms with Gasteiger partial charge in [-0.15, -0.1) is 0 Å². The molecule has 5 aliphatic heterocycles. The average molecular weight is 395 g/mol. The lowest BCUT2D eigenvalue weighted by Gasteiger charge is -2.51. The molecule has 3 atom stereocenters. The van der Waals surface area contributed by atoms with Crippen molar-refractivity contribution in [2.24, 2.45) is 5.92 Å². The number of benzene rings is 1. The first kappa shape index (κ1) is 17.3. The summed E-state index contributed by atoms with van der Waals surface area (Å²) < 4.78 is 16.8. The summed E-state index contributed by atoms with van der Waals surface area (Å²) in [4.78, 5) is 22.5. The van der Waals surface area contributed by atoms with E-state index in [-0.39, 0.29) is 24.7 Å². The molecule has 0 unspecified atom stereocenters. The van der Waals surface area contributed by atoms with Crippen molar-refractivity contribution in [2.45, 2.75) is 44.7 Å². The number of carbonyl (C=O) groups is 1. The summed E-state index contributed by atoms with van der Waals surface area (Å²) in [6.07, 6.45) is 2.32. The van der Waals surface area contributed by atoms with Gasteiger partial charge in [0.05, 0.1) is 11.7 Å². The van der Waals surface area contributed by atoms with Gasteiger partial charge in [0.15, 0.2) is 17.4 Å². The monoisotopic (exact) mass is 395 g/mol. The quantitative estimate of drug-likeness (QED) is 0.779. The molecule has 7 rings (SSSR count). The molecule has 29 heavy (non-hydrogen) atoms. The summed E-state index contributed by atoms with van der Waals surface area (Å²) in [6, 6.07) is 6.81. The number of likely N-dealkylation sites (tertiary alicyclic amines) is 1. The van der Waals surface area contributed by atoms with Crippen LogP contribution in [0.4, 0.5) is 0 Å². The summed E-state index contributed by atoms with van der Waals surface area (Å²) in [5.41, 5.74) is 1.90. The van der Waals surface area contributed by atoms with Crippen LogP contribution in [0.25, 0.3) is 0 Å². The fraction of sp³-hybridized carbons (Fsp3) is 0.545. The lowest BCUT2D eigenvalue weighted by Crippen LogP contribution is -2.60. The van der Waals surface area contributed by atoms with Gasteiger partial charge in [-0.25, -0.2) is 4.98 Å². The third-order valence-electron chi connectivity index (χ3n) is 7.18. The normalized spacial score (nSPS) is 31.9. The van der Waals surface area contributed by atoms with Crippen molar-refractivity contribution >= 4 is 5.91 Å². The molecule has 7 heteroatoms. The maximum atomic E-state index is 13.5. The van der Waals surface area contributed by atoms with E-state index in [0.717, 1.165) is 37.4 Å². The van der Waals surface area contributed by atoms with Crippen LogP contribution in [0.3, 0.4) is 0 Å². The summed E-state index contributed by atoms with van der Waals surface area (Å²) >= 11 is 0. The van der Waals surface area contributed by atoms with E-state index in [1.165, 1.54) is 5.56 Å². The molecule has 2 aromatic rings. The van der Waals surface area contributed by atoms with E-state index in [4.69, 9.17) is 13.9 Å². The first-order valence-electron chi connectivity index (χ1n) is 10.5. The van der Waals surface area contributed by atoms with E-state index in [2.05, 4.69) is 26.9 Å². The molecule has 4 saturated heterocycles. The molecule has 6 heterocycles. The van der Waals surface area contributed by atoms with Crippen LogP contribution >= 0.6 is 0 Å². The van der Waals surface area contributed by atoms with Crippen molar-refractivity contribution in [1.82, 2.24) is 14.8 Å². The molecule has 2 bridgehead atoms. The number of carbonyl (C=O) groups excluding carboxylic acids is 1. The molecule has 0 N–H and O–H groups in total. The number of ether oxygens (including phenoxy) is 2. The number of aromatic nitrogens is 1. The van der Waals surface area contributed by atoms with Gasteiger partial charge in [-0.1, -0.05) is 6.07 Å². The van der Waals surface area contributed by atoms with Crippen LogP contribution in [0, 0.1) is 19.8 Å². The van der Waals surface area contributed by atoms with Gasteiger partial charge in [-0.2, -0.15) is 0 Å². The number of oxazole rings is 1. The molecule has 0 aliphatic carbocycles. The molecule has 0 saturated carbocycles. The maximum absolute atomic E-state index is 13.5. The SMILES string of the molecule is Cc1nc(C)c(C(=O)N2C[C@H](c3ccc4c(c3)OCO4)[C@H]3[C@@H]2C2CCN3CC2)o1. The van der Waals surface area contributed by atoms with Crippen LogP contribution in [-0.2, 0) is 0 Å². The Morgan fingerprint density at radius 3 is 2.66 bits per heavy atom. The van der Waals surface area contributed by atoms with E-state index in [0.29, 0.717) is 35.8 Å². The van der Waals surface area contributed by atoms with Crippen molar-refractivity contribution in [3.63, 3.8) is 0 Å². The van der Waals surface area contributed by atoms with Crippen LogP contribution in [0.15, 0.2) is 22.6 Å². The van der Waals surface area contributed by atoms with E-state index < -0.39 is 0 Å². The van der Waals surface area contributed by atoms with Crippen molar-refractivity contribution in [3.8, 4) is 11.5 Å². The molecule has 4 fully saturated rings. The molecule has 1 amide bonds. The second kappa shape index (κ2) is 6.23. The number of piperidine rings is 3. The highest BCUT2D eigenvalue weighted by atomic mass is 16.7. The zero-order valence-corrected chi connectivity index (χ0v) is 16.8. The average Bonchev–Trinajstić information content (AvgIpc) is 3.44. The number of fused-ring (bicyclic) bond motifs is 3. The van der Waals surface area contributed by atoms with Gasteiger partial charge >= 0.3 is 0 Å². The number of hydrogen-bond donors (Lipinski definition) is 0. The van der Waals surface area contributed by atoms with Gasteiger partial charge in [0.25, 0.3) is 5.91 Å². The van der Waals surface area contributed by atoms with Gasteiger partial charge < -0.3 is 18.8 Å². The number of nitrogens with zero attached hydrogens (tertiary/aromatic N) is 3. The van der Waals surface area contributed by atoms with E-state index in [9.17, 15) is 4.79 Å². The Bertz CT molecular complexity index is 978. The minimum absolute atomic E-state index is 0.0184. The first-order valence-corrected chi connectivity index (χ1v) is 10.5. The van der Waals surface area contributed by atoms with Crippen LogP contribution < -0.4 is 9.47 Å². The fourth-order valence-electron chi connectivity index (χ4n) is 5.95. The first-order chi connectivity index (χ1) is 14.1. The lowest BCUT2D eigenvalue weighted by molar-refractivity contribution is -0.00435. The van der Waals surface area contributed by atoms with Crippen LogP contribution in [0.5, 0.6) is 11.5 Å². The summed E-state index contributed by atoms with van der Waals surface area (Å²) in [5, 5.41) is 0. The summed E-state index contributed by atoms with van der Waals surface area (Å²) in [7, 11) is 0. The Kier molecular flexibility index (Phi) is 3.72. The Morgan fingerprint density at radius 2 is 1.90 bits per heavy atom. The second-order valence-electron chi connectivity index (χ2n) is 8.68. The minimum atomic E-state index is -0.0184. The molecule has 5 aliphatic rings. The predicted molar refractivity (Wildman–Crippen MR) is 104 cm³/mol. The Morgan fingerprint density at radius 1 is 1.10 bits per heavy atom. The molecular weight excluding hydrogens is 370 g/mol. The van der Waals surface area contributed by atoms with Crippen LogP contribution in [0.1, 0.15) is 46.5 Å². The molecule has 1 aromatic carbocycles. The van der Waals surface area contributed by atoms with Crippen molar-refractivity contribution < 1.29 is 18.7 Å². The third kappa shape index (κ3) is 2.53. The van der Waals surface area contributed by atoms with Gasteiger partial charge in [0.2, 0.25) is 12.6 Å². The van der Waals surface area contributed by atoms with Crippen LogP contribution in [-0.4, -0.2) is 59.2 Å². The van der Waals surface area contributed by atoms with Gasteiger partial charge in [0.1, 0.15) is 0 Å². The predicted octanol–water partition coefficient (Wildman–Crippen LogP) is 2.72. The smallest absolute Gasteiger partial charge is 0.291 e. The topological polar surface area (TPSA) is 68.0 Å². The highest BCUT2D eigenvalue weighted by Crippen LogP contribution is 2.48. The summed E-state index contributed by atoms with van der Waals surface area (Å²) in [5.74, 6) is 3.33. The van der Waals surface area contributed by atoms with E-state index in [1.807, 2.05) is 13.0 Å². The van der Waals surface area contributed by atoms with E-state index >= 15 is 0 Å². The molecule has 1 aromatic heterocycles. The Balaban J connectivity index is 1.39. The number of amides is 1. The standard InChI is InChI=1S/C22H25N3O4/c1-12-21(29-13(2)23-12)22(26)25-10-16(15-3-4-17-18(9-15)28-11-27-17)20-19(25)14-5-7-24(20)8-6-14/h3-4,9,14,16,19-20H,5-8,10-11H2,1-2H3/t16-,19+,20+/m1/s1. The third-order valence-corrected chi connectivity index (χ3v) is 7.18. The highest BCUT2D eigenvalue weighted by Gasteiger charge is 2.55. The van der Waals surface area contributed by atoms with Crippen molar-refractivity contribution in [1.29, 1.82) is 0 Å². The zero-order valence-electron chi connectivity index (χ0n) is 16.8. The zero-order chi connectivity index (χ0) is 19.7. The second-order valence-corrected chi connectivity index (χ2v) is 8.68. The maximum Gasteiger partial charge on any atom is 0.291 e. The fourth-order valence-corrected chi connectivity index (χ4v) is 5.95. The summed E-state index contributed by atoms with van der Waals surface area (Å²) in [6.45, 7) is 6.85. The van der Waals surface area contributed by atoms with Crippen molar-refractivity contribution in [3.05, 3.63) is 41.1 Å². The number of rotatable bonds is 2. The van der Waals surface area contributed by atoms with E-state index in [1.54, 1.807) is 6.92 Å². The number of aryl methyl sites for hydroxylation is 2. The van der Waals surface area contributed by atoms with Gasteiger partial charge in [-0.3, -0.25) is 9.69 Å². The Hall–Kier alpha value is -2.54.